The molecule has 6 nitrogen and oxygen atoms in total. The average Bonchev–Trinajstić information content (AvgIpc) is 2.49. The van der Waals surface area contributed by atoms with Crippen LogP contribution in [0, 0.1) is 0 Å². The van der Waals surface area contributed by atoms with E-state index in [1.807, 2.05) is 0 Å². The molecule has 21 heavy (non-hydrogen) atoms. The number of hydrogen-bond acceptors (Lipinski definition) is 5. The maximum atomic E-state index is 12.0. The minimum Gasteiger partial charge on any atom is -0.504 e. The van der Waals surface area contributed by atoms with Gasteiger partial charge in [-0.3, -0.25) is 4.79 Å². The first kappa shape index (κ1) is 14.4. The van der Waals surface area contributed by atoms with E-state index in [1.165, 1.54) is 25.3 Å². The van der Waals surface area contributed by atoms with E-state index < -0.39 is 11.9 Å². The topological polar surface area (TPSA) is 95.9 Å². The summed E-state index contributed by atoms with van der Waals surface area (Å²) in [7, 11) is 1.27. The van der Waals surface area contributed by atoms with Gasteiger partial charge in [-0.05, 0) is 36.4 Å². The molecule has 0 aromatic heterocycles. The van der Waals surface area contributed by atoms with E-state index >= 15 is 0 Å². The van der Waals surface area contributed by atoms with Crippen LogP contribution in [0.4, 0.5) is 5.69 Å². The van der Waals surface area contributed by atoms with Gasteiger partial charge in [0.1, 0.15) is 0 Å². The highest BCUT2D eigenvalue weighted by Crippen LogP contribution is 2.25. The number of phenols is 2. The molecule has 0 aliphatic carbocycles. The molecule has 3 N–H and O–H groups in total. The molecule has 0 aliphatic heterocycles. The fourth-order valence-corrected chi connectivity index (χ4v) is 1.71. The zero-order valence-electron chi connectivity index (χ0n) is 11.2. The van der Waals surface area contributed by atoms with Crippen LogP contribution in [0.1, 0.15) is 20.7 Å². The third-order valence-electron chi connectivity index (χ3n) is 2.78. The van der Waals surface area contributed by atoms with Crippen LogP contribution in [-0.2, 0) is 4.74 Å². The van der Waals surface area contributed by atoms with Crippen molar-refractivity contribution < 1.29 is 24.5 Å². The molecule has 0 fully saturated rings. The monoisotopic (exact) mass is 287 g/mol. The lowest BCUT2D eigenvalue weighted by Crippen LogP contribution is -2.12. The van der Waals surface area contributed by atoms with Gasteiger partial charge in [-0.1, -0.05) is 6.07 Å². The summed E-state index contributed by atoms with van der Waals surface area (Å²) in [6, 6.07) is 10.00. The number of rotatable bonds is 3. The van der Waals surface area contributed by atoms with Gasteiger partial charge < -0.3 is 20.3 Å². The Morgan fingerprint density at radius 1 is 1.00 bits per heavy atom. The minimum absolute atomic E-state index is 0.175. The number of amides is 1. The van der Waals surface area contributed by atoms with Crippen molar-refractivity contribution >= 4 is 17.6 Å². The second-order valence-electron chi connectivity index (χ2n) is 4.23. The molecule has 0 saturated carbocycles. The lowest BCUT2D eigenvalue weighted by atomic mass is 10.1. The van der Waals surface area contributed by atoms with Gasteiger partial charge in [-0.2, -0.15) is 0 Å². The Hall–Kier alpha value is -3.02. The molecule has 2 aromatic carbocycles. The Bertz CT molecular complexity index is 696. The van der Waals surface area contributed by atoms with Gasteiger partial charge in [0, 0.05) is 11.3 Å². The standard InChI is InChI=1S/C15H13NO5/c1-21-15(20)10-3-2-4-11(7-10)16-14(19)9-5-6-12(17)13(18)8-9/h2-8,17-18H,1H3,(H,16,19). The number of anilines is 1. The number of aromatic hydroxyl groups is 2. The van der Waals surface area contributed by atoms with Gasteiger partial charge >= 0.3 is 5.97 Å². The van der Waals surface area contributed by atoms with Gasteiger partial charge in [-0.15, -0.1) is 0 Å². The summed E-state index contributed by atoms with van der Waals surface area (Å²) in [4.78, 5) is 23.4. The molecule has 0 spiro atoms. The number of hydrogen-bond donors (Lipinski definition) is 3. The second-order valence-corrected chi connectivity index (χ2v) is 4.23. The van der Waals surface area contributed by atoms with Gasteiger partial charge in [-0.25, -0.2) is 4.79 Å². The van der Waals surface area contributed by atoms with E-state index in [1.54, 1.807) is 18.2 Å². The molecule has 0 radical (unpaired) electrons. The number of nitrogens with one attached hydrogen (secondary N) is 1. The fourth-order valence-electron chi connectivity index (χ4n) is 1.71. The second kappa shape index (κ2) is 5.96. The number of phenolic OH excluding ortho intramolecular Hbond substituents is 2. The van der Waals surface area contributed by atoms with E-state index in [4.69, 9.17) is 0 Å². The fraction of sp³-hybridized carbons (Fsp3) is 0.0667. The summed E-state index contributed by atoms with van der Waals surface area (Å²) < 4.78 is 4.60. The van der Waals surface area contributed by atoms with Crippen LogP contribution in [0.2, 0.25) is 0 Å². The SMILES string of the molecule is COC(=O)c1cccc(NC(=O)c2ccc(O)c(O)c2)c1. The molecule has 108 valence electrons. The zero-order chi connectivity index (χ0) is 15.4. The molecule has 1 amide bonds. The van der Waals surface area contributed by atoms with Crippen molar-refractivity contribution in [1.29, 1.82) is 0 Å². The van der Waals surface area contributed by atoms with E-state index in [9.17, 15) is 19.8 Å². The average molecular weight is 287 g/mol. The number of carbonyl (C=O) groups excluding carboxylic acids is 2. The molecular weight excluding hydrogens is 274 g/mol. The van der Waals surface area contributed by atoms with Crippen molar-refractivity contribution in [2.45, 2.75) is 0 Å². The third kappa shape index (κ3) is 3.30. The Morgan fingerprint density at radius 3 is 2.43 bits per heavy atom. The number of ether oxygens (including phenoxy) is 1. The van der Waals surface area contributed by atoms with Crippen LogP contribution in [-0.4, -0.2) is 29.2 Å². The van der Waals surface area contributed by atoms with Crippen molar-refractivity contribution in [2.24, 2.45) is 0 Å². The zero-order valence-corrected chi connectivity index (χ0v) is 11.2. The lowest BCUT2D eigenvalue weighted by molar-refractivity contribution is 0.0600. The quantitative estimate of drug-likeness (QED) is 0.593. The first-order chi connectivity index (χ1) is 10.0. The minimum atomic E-state index is -0.506. The Kier molecular flexibility index (Phi) is 4.08. The summed E-state index contributed by atoms with van der Waals surface area (Å²) in [5.41, 5.74) is 0.896. The van der Waals surface area contributed by atoms with Crippen molar-refractivity contribution in [1.82, 2.24) is 0 Å². The number of carbonyl (C=O) groups is 2. The Balaban J connectivity index is 2.19. The summed E-state index contributed by atoms with van der Waals surface area (Å²) >= 11 is 0. The van der Waals surface area contributed by atoms with E-state index in [0.717, 1.165) is 6.07 Å². The summed E-state index contributed by atoms with van der Waals surface area (Å²) in [6.07, 6.45) is 0. The molecule has 0 saturated heterocycles. The van der Waals surface area contributed by atoms with Crippen LogP contribution in [0.5, 0.6) is 11.5 Å². The van der Waals surface area contributed by atoms with Crippen molar-refractivity contribution in [3.05, 3.63) is 53.6 Å². The smallest absolute Gasteiger partial charge is 0.337 e. The van der Waals surface area contributed by atoms with Crippen molar-refractivity contribution in [3.8, 4) is 11.5 Å². The number of esters is 1. The van der Waals surface area contributed by atoms with E-state index in [2.05, 4.69) is 10.1 Å². The number of methoxy groups -OCH3 is 1. The highest BCUT2D eigenvalue weighted by Gasteiger charge is 2.11. The molecule has 0 heterocycles. The van der Waals surface area contributed by atoms with Crippen LogP contribution in [0.15, 0.2) is 42.5 Å². The molecule has 2 rings (SSSR count). The summed E-state index contributed by atoms with van der Waals surface area (Å²) in [6.45, 7) is 0. The molecule has 0 bridgehead atoms. The normalized spacial score (nSPS) is 9.95. The Morgan fingerprint density at radius 2 is 1.76 bits per heavy atom. The maximum absolute atomic E-state index is 12.0. The van der Waals surface area contributed by atoms with Gasteiger partial charge in [0.2, 0.25) is 0 Å². The highest BCUT2D eigenvalue weighted by molar-refractivity contribution is 6.05. The molecule has 6 heteroatoms. The third-order valence-corrected chi connectivity index (χ3v) is 2.78. The van der Waals surface area contributed by atoms with Gasteiger partial charge in [0.15, 0.2) is 11.5 Å². The molecule has 0 unspecified atom stereocenters. The van der Waals surface area contributed by atoms with Crippen LogP contribution in [0.25, 0.3) is 0 Å². The largest absolute Gasteiger partial charge is 0.504 e. The summed E-state index contributed by atoms with van der Waals surface area (Å²) in [5.74, 6) is -1.68. The highest BCUT2D eigenvalue weighted by atomic mass is 16.5. The molecular formula is C15H13NO5. The van der Waals surface area contributed by atoms with E-state index in [-0.39, 0.29) is 17.1 Å². The van der Waals surface area contributed by atoms with Crippen LogP contribution < -0.4 is 5.32 Å². The van der Waals surface area contributed by atoms with Crippen molar-refractivity contribution in [2.75, 3.05) is 12.4 Å². The molecule has 2 aromatic rings. The number of benzene rings is 2. The Labute approximate surface area is 120 Å². The molecule has 0 aliphatic rings. The van der Waals surface area contributed by atoms with Crippen LogP contribution >= 0.6 is 0 Å². The summed E-state index contributed by atoms with van der Waals surface area (Å²) in [5, 5.41) is 21.2. The van der Waals surface area contributed by atoms with E-state index in [0.29, 0.717) is 11.3 Å². The first-order valence-corrected chi connectivity index (χ1v) is 6.03. The molecule has 0 atom stereocenters. The maximum Gasteiger partial charge on any atom is 0.337 e. The predicted octanol–water partition coefficient (Wildman–Crippen LogP) is 2.14. The van der Waals surface area contributed by atoms with Gasteiger partial charge in [0.05, 0.1) is 12.7 Å². The lowest BCUT2D eigenvalue weighted by Gasteiger charge is -2.07. The van der Waals surface area contributed by atoms with Crippen molar-refractivity contribution in [3.63, 3.8) is 0 Å². The predicted molar refractivity (Wildman–Crippen MR) is 75.5 cm³/mol. The van der Waals surface area contributed by atoms with Gasteiger partial charge in [0.25, 0.3) is 5.91 Å². The first-order valence-electron chi connectivity index (χ1n) is 6.03. The van der Waals surface area contributed by atoms with Crippen LogP contribution in [0.3, 0.4) is 0 Å².